The second-order valence-electron chi connectivity index (χ2n) is 7.51. The first-order valence-electron chi connectivity index (χ1n) is 9.55. The second-order valence-corrected chi connectivity index (χ2v) is 7.51. The molecule has 0 amide bonds. The van der Waals surface area contributed by atoms with Gasteiger partial charge in [0.1, 0.15) is 5.82 Å². The van der Waals surface area contributed by atoms with Crippen LogP contribution in [0, 0.1) is 0 Å². The van der Waals surface area contributed by atoms with E-state index in [2.05, 4.69) is 15.0 Å². The highest BCUT2D eigenvalue weighted by Gasteiger charge is 2.22. The van der Waals surface area contributed by atoms with Gasteiger partial charge in [-0.15, -0.1) is 0 Å². The summed E-state index contributed by atoms with van der Waals surface area (Å²) < 4.78 is 1.71. The van der Waals surface area contributed by atoms with Crippen molar-refractivity contribution in [2.45, 2.75) is 37.8 Å². The number of aromatic nitrogens is 4. The highest BCUT2D eigenvalue weighted by Crippen LogP contribution is 2.24. The van der Waals surface area contributed by atoms with Crippen molar-refractivity contribution >= 4 is 17.5 Å². The summed E-state index contributed by atoms with van der Waals surface area (Å²) in [7, 11) is 0. The molecule has 0 bridgehead atoms. The molecule has 2 aliphatic rings. The molecule has 2 fully saturated rings. The van der Waals surface area contributed by atoms with Gasteiger partial charge in [-0.1, -0.05) is 0 Å². The van der Waals surface area contributed by atoms with Gasteiger partial charge in [0.05, 0.1) is 18.3 Å². The number of H-pyrrole nitrogens is 1. The summed E-state index contributed by atoms with van der Waals surface area (Å²) in [6.07, 6.45) is 6.92. The van der Waals surface area contributed by atoms with Crippen LogP contribution < -0.4 is 15.6 Å². The molecule has 1 saturated heterocycles. The number of nitrogens with zero attached hydrogens (tertiary/aromatic N) is 5. The number of anilines is 1. The number of aliphatic hydroxyl groups excluding tert-OH is 1. The van der Waals surface area contributed by atoms with E-state index >= 15 is 0 Å². The lowest BCUT2D eigenvalue weighted by molar-refractivity contribution is 0.154. The lowest BCUT2D eigenvalue weighted by Gasteiger charge is -2.30. The number of hydrogen-bond donors (Lipinski definition) is 4. The maximum atomic E-state index is 10.0. The Kier molecular flexibility index (Phi) is 3.97. The molecule has 5 rings (SSSR count). The molecule has 9 nitrogen and oxygen atoms in total. The van der Waals surface area contributed by atoms with E-state index in [1.165, 1.54) is 6.07 Å². The Morgan fingerprint density at radius 2 is 2.07 bits per heavy atom. The van der Waals surface area contributed by atoms with E-state index < -0.39 is 0 Å². The van der Waals surface area contributed by atoms with Gasteiger partial charge in [0.25, 0.3) is 0 Å². The molecule has 1 atom stereocenters. The zero-order valence-corrected chi connectivity index (χ0v) is 15.3. The molecule has 3 aromatic rings. The summed E-state index contributed by atoms with van der Waals surface area (Å²) >= 11 is 0. The molecule has 4 N–H and O–H groups in total. The molecule has 1 aliphatic heterocycles. The van der Waals surface area contributed by atoms with Gasteiger partial charge in [0.2, 0.25) is 0 Å². The van der Waals surface area contributed by atoms with Crippen LogP contribution in [0.4, 0.5) is 5.82 Å². The number of piperidine rings is 1. The Morgan fingerprint density at radius 3 is 2.79 bits per heavy atom. The largest absolute Gasteiger partial charge is 0.494 e. The third-order valence-electron chi connectivity index (χ3n) is 5.17. The number of β-amino-alcohol motifs (C(OH)–C–C–N with tert-alkyl or cyclic N) is 1. The van der Waals surface area contributed by atoms with Gasteiger partial charge in [-0.2, -0.15) is 9.61 Å². The summed E-state index contributed by atoms with van der Waals surface area (Å²) in [5, 5.41) is 34.7. The standard InChI is InChI=1S/C19H22N6O3/c26-14-2-1-5-24(10-14)15-8-16(21-13-3-4-13)25-18(22-15)12(9-20-25)6-11-7-17(27)23-19(11)28/h6-9,13-14,23,26-28H,1-5,10H2. The summed E-state index contributed by atoms with van der Waals surface area (Å²) in [4.78, 5) is 14.1. The first-order valence-corrected chi connectivity index (χ1v) is 9.55. The maximum Gasteiger partial charge on any atom is 0.198 e. The average molecular weight is 382 g/mol. The van der Waals surface area contributed by atoms with Crippen LogP contribution >= 0.6 is 0 Å². The van der Waals surface area contributed by atoms with Gasteiger partial charge >= 0.3 is 0 Å². The predicted octanol–water partition coefficient (Wildman–Crippen LogP) is 0.0405. The molecule has 28 heavy (non-hydrogen) atoms. The number of aromatic hydroxyl groups is 2. The summed E-state index contributed by atoms with van der Waals surface area (Å²) in [6, 6.07) is 3.70. The van der Waals surface area contributed by atoms with E-state index in [0.717, 1.165) is 43.5 Å². The van der Waals surface area contributed by atoms with Gasteiger partial charge < -0.3 is 20.2 Å². The molecule has 4 heterocycles. The number of aliphatic hydroxyl groups is 1. The molecular weight excluding hydrogens is 360 g/mol. The molecule has 0 spiro atoms. The lowest BCUT2D eigenvalue weighted by Crippen LogP contribution is -2.39. The molecule has 9 heteroatoms. The number of hydrogen-bond acceptors (Lipinski definition) is 7. The normalized spacial score (nSPS) is 21.8. The van der Waals surface area contributed by atoms with Crippen LogP contribution in [0.15, 0.2) is 23.3 Å². The number of fused-ring (bicyclic) bond motifs is 1. The monoisotopic (exact) mass is 382 g/mol. The third kappa shape index (κ3) is 3.18. The fourth-order valence-electron chi connectivity index (χ4n) is 3.58. The molecule has 0 aromatic carbocycles. The van der Waals surface area contributed by atoms with Crippen LogP contribution in [-0.2, 0) is 0 Å². The zero-order valence-electron chi connectivity index (χ0n) is 15.3. The highest BCUT2D eigenvalue weighted by atomic mass is 16.3. The van der Waals surface area contributed by atoms with E-state index in [1.54, 1.807) is 16.8 Å². The summed E-state index contributed by atoms with van der Waals surface area (Å²) in [6.45, 7) is 1.38. The van der Waals surface area contributed by atoms with Gasteiger partial charge in [-0.25, -0.2) is 4.98 Å². The van der Waals surface area contributed by atoms with Crippen molar-refractivity contribution in [3.63, 3.8) is 0 Å². The van der Waals surface area contributed by atoms with Gasteiger partial charge in [0, 0.05) is 36.0 Å². The quantitative estimate of drug-likeness (QED) is 0.507. The predicted molar refractivity (Wildman–Crippen MR) is 102 cm³/mol. The van der Waals surface area contributed by atoms with Crippen LogP contribution in [0.25, 0.3) is 11.7 Å². The molecule has 0 radical (unpaired) electrons. The number of rotatable bonds is 3. The zero-order chi connectivity index (χ0) is 19.3. The van der Waals surface area contributed by atoms with Crippen LogP contribution in [0.2, 0.25) is 0 Å². The van der Waals surface area contributed by atoms with Crippen molar-refractivity contribution in [3.05, 3.63) is 34.6 Å². The molecule has 1 saturated carbocycles. The van der Waals surface area contributed by atoms with Gasteiger partial charge in [0.15, 0.2) is 22.9 Å². The first-order chi connectivity index (χ1) is 13.6. The summed E-state index contributed by atoms with van der Waals surface area (Å²) in [5.41, 5.74) is 1.81. The van der Waals surface area contributed by atoms with Crippen molar-refractivity contribution in [2.24, 2.45) is 4.99 Å². The van der Waals surface area contributed by atoms with Crippen LogP contribution in [-0.4, -0.2) is 60.1 Å². The first kappa shape index (κ1) is 17.1. The molecule has 146 valence electrons. The van der Waals surface area contributed by atoms with E-state index in [1.807, 2.05) is 6.07 Å². The number of aromatic amines is 1. The van der Waals surface area contributed by atoms with E-state index in [4.69, 9.17) is 9.98 Å². The minimum atomic E-state index is -0.355. The minimum absolute atomic E-state index is 0.111. The van der Waals surface area contributed by atoms with E-state index in [-0.39, 0.29) is 17.9 Å². The van der Waals surface area contributed by atoms with Crippen molar-refractivity contribution in [1.82, 2.24) is 19.6 Å². The molecule has 1 unspecified atom stereocenters. The Hall–Kier alpha value is -3.07. The molecule has 3 aromatic heterocycles. The highest BCUT2D eigenvalue weighted by molar-refractivity contribution is 5.62. The van der Waals surface area contributed by atoms with E-state index in [0.29, 0.717) is 29.0 Å². The Balaban J connectivity index is 1.69. The van der Waals surface area contributed by atoms with Crippen LogP contribution in [0.3, 0.4) is 0 Å². The molecule has 1 aliphatic carbocycles. The Labute approximate surface area is 160 Å². The summed E-state index contributed by atoms with van der Waals surface area (Å²) in [5.74, 6) is 0.539. The fraction of sp³-hybridized carbons (Fsp3) is 0.421. The van der Waals surface area contributed by atoms with Crippen LogP contribution in [0.5, 0.6) is 11.8 Å². The van der Waals surface area contributed by atoms with Crippen molar-refractivity contribution in [3.8, 4) is 11.8 Å². The van der Waals surface area contributed by atoms with Gasteiger partial charge in [-0.05, 0) is 31.8 Å². The average Bonchev–Trinajstić information content (AvgIpc) is 3.30. The SMILES string of the molecule is Oc1cc(C=c2cnn3c(=NC4CC4)cc(N4CCCC(O)C4)nc23)c(O)[nH]1. The van der Waals surface area contributed by atoms with Crippen molar-refractivity contribution < 1.29 is 15.3 Å². The maximum absolute atomic E-state index is 10.0. The Morgan fingerprint density at radius 1 is 1.21 bits per heavy atom. The van der Waals surface area contributed by atoms with Crippen molar-refractivity contribution in [2.75, 3.05) is 18.0 Å². The second kappa shape index (κ2) is 6.52. The lowest BCUT2D eigenvalue weighted by atomic mass is 10.1. The van der Waals surface area contributed by atoms with Gasteiger partial charge in [-0.3, -0.25) is 9.98 Å². The smallest absolute Gasteiger partial charge is 0.198 e. The third-order valence-corrected chi connectivity index (χ3v) is 5.17. The van der Waals surface area contributed by atoms with Crippen LogP contribution in [0.1, 0.15) is 31.2 Å². The topological polar surface area (TPSA) is 122 Å². The van der Waals surface area contributed by atoms with E-state index in [9.17, 15) is 15.3 Å². The van der Waals surface area contributed by atoms with Crippen molar-refractivity contribution in [1.29, 1.82) is 0 Å². The number of nitrogens with one attached hydrogen (secondary N) is 1. The molecular formula is C19H22N6O3. The fourth-order valence-corrected chi connectivity index (χ4v) is 3.58. The minimum Gasteiger partial charge on any atom is -0.494 e. The Bertz CT molecular complexity index is 1150.